The number of nitrogens with two attached hydrogens (primary N) is 1. The van der Waals surface area contributed by atoms with E-state index in [4.69, 9.17) is 22.4 Å². The number of carbonyl (C=O) groups is 1. The molecule has 88 valence electrons. The number of aliphatic hydroxyl groups excluding tert-OH is 1. The molecule has 0 bridgehead atoms. The quantitative estimate of drug-likeness (QED) is 0.730. The molecule has 2 unspecified atom stereocenters. The van der Waals surface area contributed by atoms with Crippen LogP contribution < -0.4 is 11.1 Å². The van der Waals surface area contributed by atoms with Crippen LogP contribution in [0.2, 0.25) is 5.02 Å². The molecule has 1 aromatic carbocycles. The van der Waals surface area contributed by atoms with Crippen molar-refractivity contribution < 1.29 is 9.90 Å². The predicted molar refractivity (Wildman–Crippen MR) is 63.4 cm³/mol. The molecule has 2 atom stereocenters. The van der Waals surface area contributed by atoms with E-state index in [0.717, 1.165) is 0 Å². The van der Waals surface area contributed by atoms with E-state index in [2.05, 4.69) is 5.32 Å². The van der Waals surface area contributed by atoms with Gasteiger partial charge in [0.15, 0.2) is 0 Å². The minimum absolute atomic E-state index is 0.210. The largest absolute Gasteiger partial charge is 0.392 e. The Morgan fingerprint density at radius 1 is 1.56 bits per heavy atom. The molecule has 1 amide bonds. The zero-order chi connectivity index (χ0) is 12.1. The van der Waals surface area contributed by atoms with Crippen LogP contribution in [0.1, 0.15) is 17.3 Å². The lowest BCUT2D eigenvalue weighted by atomic mass is 10.1. The van der Waals surface area contributed by atoms with E-state index >= 15 is 0 Å². The molecule has 0 aliphatic rings. The number of rotatable bonds is 4. The van der Waals surface area contributed by atoms with Crippen LogP contribution in [0.25, 0.3) is 0 Å². The topological polar surface area (TPSA) is 75.3 Å². The highest BCUT2D eigenvalue weighted by Gasteiger charge is 2.13. The second kappa shape index (κ2) is 5.84. The van der Waals surface area contributed by atoms with Crippen molar-refractivity contribution in [1.82, 2.24) is 5.32 Å². The number of halogens is 1. The van der Waals surface area contributed by atoms with Gasteiger partial charge < -0.3 is 16.2 Å². The van der Waals surface area contributed by atoms with Gasteiger partial charge in [-0.3, -0.25) is 4.79 Å². The summed E-state index contributed by atoms with van der Waals surface area (Å²) in [5, 5.41) is 12.2. The fraction of sp³-hybridized carbons (Fsp3) is 0.364. The lowest BCUT2D eigenvalue weighted by Crippen LogP contribution is -2.43. The zero-order valence-electron chi connectivity index (χ0n) is 8.98. The summed E-state index contributed by atoms with van der Waals surface area (Å²) in [5.74, 6) is -0.290. The Hall–Kier alpha value is -1.10. The van der Waals surface area contributed by atoms with Gasteiger partial charge in [0.05, 0.1) is 16.7 Å². The summed E-state index contributed by atoms with van der Waals surface area (Å²) in [5.41, 5.74) is 5.99. The minimum Gasteiger partial charge on any atom is -0.392 e. The standard InChI is InChI=1S/C11H15ClN2O2/c1-7(15)10(13)6-14-11(16)8-4-2-3-5-9(8)12/h2-5,7,10,15H,6,13H2,1H3,(H,14,16). The van der Waals surface area contributed by atoms with Crippen LogP contribution in [-0.2, 0) is 0 Å². The Morgan fingerprint density at radius 3 is 2.75 bits per heavy atom. The molecule has 0 saturated heterocycles. The van der Waals surface area contributed by atoms with E-state index in [1.165, 1.54) is 0 Å². The lowest BCUT2D eigenvalue weighted by molar-refractivity contribution is 0.0937. The van der Waals surface area contributed by atoms with Crippen LogP contribution in [0.5, 0.6) is 0 Å². The maximum atomic E-state index is 11.7. The van der Waals surface area contributed by atoms with Crippen LogP contribution in [-0.4, -0.2) is 29.7 Å². The van der Waals surface area contributed by atoms with Gasteiger partial charge in [-0.15, -0.1) is 0 Å². The van der Waals surface area contributed by atoms with Gasteiger partial charge in [-0.25, -0.2) is 0 Å². The zero-order valence-corrected chi connectivity index (χ0v) is 9.74. The van der Waals surface area contributed by atoms with Crippen molar-refractivity contribution in [3.63, 3.8) is 0 Å². The molecular weight excluding hydrogens is 228 g/mol. The highest BCUT2D eigenvalue weighted by atomic mass is 35.5. The molecule has 0 saturated carbocycles. The molecule has 0 aliphatic carbocycles. The third-order valence-electron chi connectivity index (χ3n) is 2.24. The average Bonchev–Trinajstić information content (AvgIpc) is 2.25. The Labute approximate surface area is 99.4 Å². The molecular formula is C11H15ClN2O2. The van der Waals surface area contributed by atoms with Gasteiger partial charge in [-0.1, -0.05) is 23.7 Å². The fourth-order valence-corrected chi connectivity index (χ4v) is 1.34. The van der Waals surface area contributed by atoms with Crippen LogP contribution in [0.15, 0.2) is 24.3 Å². The number of hydrogen-bond acceptors (Lipinski definition) is 3. The highest BCUT2D eigenvalue weighted by Crippen LogP contribution is 2.14. The van der Waals surface area contributed by atoms with Crippen molar-refractivity contribution in [2.75, 3.05) is 6.54 Å². The smallest absolute Gasteiger partial charge is 0.252 e. The second-order valence-corrected chi connectivity index (χ2v) is 4.00. The molecule has 1 rings (SSSR count). The molecule has 5 heteroatoms. The van der Waals surface area contributed by atoms with Crippen molar-refractivity contribution in [1.29, 1.82) is 0 Å². The third-order valence-corrected chi connectivity index (χ3v) is 2.57. The number of benzene rings is 1. The molecule has 0 aromatic heterocycles. The molecule has 4 N–H and O–H groups in total. The Morgan fingerprint density at radius 2 is 2.19 bits per heavy atom. The van der Waals surface area contributed by atoms with Crippen LogP contribution in [0.3, 0.4) is 0 Å². The van der Waals surface area contributed by atoms with Crippen molar-refractivity contribution in [2.24, 2.45) is 5.73 Å². The van der Waals surface area contributed by atoms with Gasteiger partial charge >= 0.3 is 0 Å². The first-order valence-corrected chi connectivity index (χ1v) is 5.36. The van der Waals surface area contributed by atoms with Crippen LogP contribution in [0.4, 0.5) is 0 Å². The third kappa shape index (κ3) is 3.48. The van der Waals surface area contributed by atoms with Gasteiger partial charge in [0.2, 0.25) is 0 Å². The van der Waals surface area contributed by atoms with E-state index in [-0.39, 0.29) is 12.5 Å². The SMILES string of the molecule is CC(O)C(N)CNC(=O)c1ccccc1Cl. The maximum absolute atomic E-state index is 11.7. The minimum atomic E-state index is -0.661. The van der Waals surface area contributed by atoms with Gasteiger partial charge in [-0.05, 0) is 19.1 Å². The highest BCUT2D eigenvalue weighted by molar-refractivity contribution is 6.33. The second-order valence-electron chi connectivity index (χ2n) is 3.59. The summed E-state index contributed by atoms with van der Waals surface area (Å²) in [6, 6.07) is 6.28. The van der Waals surface area contributed by atoms with E-state index < -0.39 is 12.1 Å². The molecule has 4 nitrogen and oxygen atoms in total. The van der Waals surface area contributed by atoms with Gasteiger partial charge in [0.1, 0.15) is 0 Å². The number of carbonyl (C=O) groups excluding carboxylic acids is 1. The first kappa shape index (κ1) is 13.0. The maximum Gasteiger partial charge on any atom is 0.252 e. The number of nitrogens with one attached hydrogen (secondary N) is 1. The van der Waals surface area contributed by atoms with E-state index in [9.17, 15) is 4.79 Å². The molecule has 0 heterocycles. The molecule has 0 fully saturated rings. The molecule has 0 spiro atoms. The predicted octanol–water partition coefficient (Wildman–Crippen LogP) is 0.778. The monoisotopic (exact) mass is 242 g/mol. The normalized spacial score (nSPS) is 14.2. The lowest BCUT2D eigenvalue weighted by Gasteiger charge is -2.15. The first-order valence-electron chi connectivity index (χ1n) is 4.98. The summed E-state index contributed by atoms with van der Waals surface area (Å²) in [6.07, 6.45) is -0.661. The van der Waals surface area contributed by atoms with Crippen molar-refractivity contribution in [3.05, 3.63) is 34.9 Å². The average molecular weight is 243 g/mol. The van der Waals surface area contributed by atoms with Crippen LogP contribution >= 0.6 is 11.6 Å². The Bertz CT molecular complexity index is 369. The van der Waals surface area contributed by atoms with Gasteiger partial charge in [-0.2, -0.15) is 0 Å². The summed E-state index contributed by atoms with van der Waals surface area (Å²) < 4.78 is 0. The van der Waals surface area contributed by atoms with E-state index in [1.54, 1.807) is 31.2 Å². The molecule has 16 heavy (non-hydrogen) atoms. The van der Waals surface area contributed by atoms with Gasteiger partial charge in [0, 0.05) is 12.6 Å². The molecule has 1 aromatic rings. The van der Waals surface area contributed by atoms with Crippen LogP contribution in [0, 0.1) is 0 Å². The number of amides is 1. The number of hydrogen-bond donors (Lipinski definition) is 3. The first-order chi connectivity index (χ1) is 7.52. The summed E-state index contributed by atoms with van der Waals surface area (Å²) in [7, 11) is 0. The number of aliphatic hydroxyl groups is 1. The summed E-state index contributed by atoms with van der Waals surface area (Å²) in [6.45, 7) is 1.79. The Kier molecular flexibility index (Phi) is 4.73. The van der Waals surface area contributed by atoms with Crippen molar-refractivity contribution in [3.8, 4) is 0 Å². The van der Waals surface area contributed by atoms with E-state index in [0.29, 0.717) is 10.6 Å². The van der Waals surface area contributed by atoms with Crippen molar-refractivity contribution in [2.45, 2.75) is 19.1 Å². The molecule has 0 radical (unpaired) electrons. The van der Waals surface area contributed by atoms with Crippen molar-refractivity contribution >= 4 is 17.5 Å². The summed E-state index contributed by atoms with van der Waals surface area (Å²) in [4.78, 5) is 11.7. The van der Waals surface area contributed by atoms with E-state index in [1.807, 2.05) is 0 Å². The van der Waals surface area contributed by atoms with Gasteiger partial charge in [0.25, 0.3) is 5.91 Å². The molecule has 0 aliphatic heterocycles. The fourth-order valence-electron chi connectivity index (χ4n) is 1.12. The Balaban J connectivity index is 2.57. The summed E-state index contributed by atoms with van der Waals surface area (Å²) >= 11 is 5.86.